The Kier molecular flexibility index (Phi) is 7.43. The standard InChI is InChI=1S/C20H27NO3/c1-4-13-24-18-8-5-17(6-9-18)15-21-12-11-16-7-10-19(22-2)20(14-16)23-3/h5-10,14,21H,4,11-13,15H2,1-3H3. The summed E-state index contributed by atoms with van der Waals surface area (Å²) in [7, 11) is 3.31. The molecule has 0 aliphatic carbocycles. The first kappa shape index (κ1) is 18.1. The molecule has 0 bridgehead atoms. The van der Waals surface area contributed by atoms with Crippen molar-refractivity contribution >= 4 is 0 Å². The molecule has 0 saturated heterocycles. The third-order valence-corrected chi connectivity index (χ3v) is 3.76. The van der Waals surface area contributed by atoms with Gasteiger partial charge in [-0.05, 0) is 54.8 Å². The van der Waals surface area contributed by atoms with Crippen LogP contribution >= 0.6 is 0 Å². The van der Waals surface area contributed by atoms with Gasteiger partial charge < -0.3 is 19.5 Å². The lowest BCUT2D eigenvalue weighted by atomic mass is 10.1. The van der Waals surface area contributed by atoms with E-state index in [1.165, 1.54) is 11.1 Å². The number of hydrogen-bond acceptors (Lipinski definition) is 4. The van der Waals surface area contributed by atoms with E-state index in [0.717, 1.165) is 49.8 Å². The third kappa shape index (κ3) is 5.46. The van der Waals surface area contributed by atoms with E-state index in [1.54, 1.807) is 14.2 Å². The van der Waals surface area contributed by atoms with Crippen LogP contribution < -0.4 is 19.5 Å². The van der Waals surface area contributed by atoms with Gasteiger partial charge in [0.2, 0.25) is 0 Å². The van der Waals surface area contributed by atoms with Gasteiger partial charge in [-0.3, -0.25) is 0 Å². The van der Waals surface area contributed by atoms with Crippen LogP contribution in [0.2, 0.25) is 0 Å². The number of benzene rings is 2. The first-order valence-corrected chi connectivity index (χ1v) is 8.40. The summed E-state index contributed by atoms with van der Waals surface area (Å²) in [6.45, 7) is 4.63. The lowest BCUT2D eigenvalue weighted by Gasteiger charge is -2.10. The van der Waals surface area contributed by atoms with E-state index in [2.05, 4.69) is 30.4 Å². The zero-order chi connectivity index (χ0) is 17.2. The number of rotatable bonds is 10. The average Bonchev–Trinajstić information content (AvgIpc) is 2.64. The van der Waals surface area contributed by atoms with Crippen molar-refractivity contribution in [3.63, 3.8) is 0 Å². The van der Waals surface area contributed by atoms with E-state index in [1.807, 2.05) is 24.3 Å². The highest BCUT2D eigenvalue weighted by molar-refractivity contribution is 5.42. The molecule has 0 amide bonds. The maximum Gasteiger partial charge on any atom is 0.160 e. The van der Waals surface area contributed by atoms with Crippen LogP contribution in [0.5, 0.6) is 17.2 Å². The lowest BCUT2D eigenvalue weighted by molar-refractivity contribution is 0.317. The molecule has 1 N–H and O–H groups in total. The summed E-state index contributed by atoms with van der Waals surface area (Å²) < 4.78 is 16.2. The van der Waals surface area contributed by atoms with Crippen molar-refractivity contribution in [3.05, 3.63) is 53.6 Å². The van der Waals surface area contributed by atoms with Crippen molar-refractivity contribution < 1.29 is 14.2 Å². The van der Waals surface area contributed by atoms with Gasteiger partial charge >= 0.3 is 0 Å². The molecule has 2 aromatic carbocycles. The summed E-state index contributed by atoms with van der Waals surface area (Å²) in [6, 6.07) is 14.3. The highest BCUT2D eigenvalue weighted by atomic mass is 16.5. The van der Waals surface area contributed by atoms with Gasteiger partial charge in [-0.2, -0.15) is 0 Å². The van der Waals surface area contributed by atoms with Crippen molar-refractivity contribution in [1.29, 1.82) is 0 Å². The maximum atomic E-state index is 5.59. The van der Waals surface area contributed by atoms with Crippen LogP contribution in [0.1, 0.15) is 24.5 Å². The van der Waals surface area contributed by atoms with E-state index >= 15 is 0 Å². The molecule has 2 rings (SSSR count). The van der Waals surface area contributed by atoms with Gasteiger partial charge in [0.05, 0.1) is 20.8 Å². The van der Waals surface area contributed by atoms with Crippen molar-refractivity contribution in [2.24, 2.45) is 0 Å². The second kappa shape index (κ2) is 9.83. The third-order valence-electron chi connectivity index (χ3n) is 3.76. The second-order valence-electron chi connectivity index (χ2n) is 5.61. The second-order valence-corrected chi connectivity index (χ2v) is 5.61. The molecule has 4 heteroatoms. The first-order chi connectivity index (χ1) is 11.8. The average molecular weight is 329 g/mol. The molecule has 0 fully saturated rings. The molecule has 130 valence electrons. The van der Waals surface area contributed by atoms with Crippen molar-refractivity contribution in [1.82, 2.24) is 5.32 Å². The molecule has 0 spiro atoms. The molecule has 0 saturated carbocycles. The van der Waals surface area contributed by atoms with E-state index in [9.17, 15) is 0 Å². The molecule has 0 aliphatic rings. The summed E-state index contributed by atoms with van der Waals surface area (Å²) in [6.07, 6.45) is 1.97. The highest BCUT2D eigenvalue weighted by Crippen LogP contribution is 2.27. The van der Waals surface area contributed by atoms with E-state index in [-0.39, 0.29) is 0 Å². The normalized spacial score (nSPS) is 10.5. The van der Waals surface area contributed by atoms with Crippen LogP contribution in [0, 0.1) is 0 Å². The largest absolute Gasteiger partial charge is 0.494 e. The molecule has 4 nitrogen and oxygen atoms in total. The minimum absolute atomic E-state index is 0.764. The number of ether oxygens (including phenoxy) is 3. The van der Waals surface area contributed by atoms with E-state index in [0.29, 0.717) is 0 Å². The molecular weight excluding hydrogens is 302 g/mol. The smallest absolute Gasteiger partial charge is 0.160 e. The summed E-state index contributed by atoms with van der Waals surface area (Å²) >= 11 is 0. The van der Waals surface area contributed by atoms with Crippen LogP contribution in [-0.4, -0.2) is 27.4 Å². The van der Waals surface area contributed by atoms with Crippen molar-refractivity contribution in [3.8, 4) is 17.2 Å². The summed E-state index contributed by atoms with van der Waals surface area (Å²) in [4.78, 5) is 0. The maximum absolute atomic E-state index is 5.59. The molecular formula is C20H27NO3. The molecule has 0 unspecified atom stereocenters. The van der Waals surface area contributed by atoms with E-state index < -0.39 is 0 Å². The molecule has 2 aromatic rings. The molecule has 0 atom stereocenters. The van der Waals surface area contributed by atoms with Crippen molar-refractivity contribution in [2.45, 2.75) is 26.3 Å². The van der Waals surface area contributed by atoms with Gasteiger partial charge in [-0.1, -0.05) is 25.1 Å². The summed E-state index contributed by atoms with van der Waals surface area (Å²) in [5, 5.41) is 3.47. The lowest BCUT2D eigenvalue weighted by Crippen LogP contribution is -2.16. The van der Waals surface area contributed by atoms with Crippen LogP contribution in [-0.2, 0) is 13.0 Å². The molecule has 0 heterocycles. The van der Waals surface area contributed by atoms with Gasteiger partial charge in [0.1, 0.15) is 5.75 Å². The summed E-state index contributed by atoms with van der Waals surface area (Å²) in [5.41, 5.74) is 2.48. The van der Waals surface area contributed by atoms with Gasteiger partial charge in [0, 0.05) is 6.54 Å². The fourth-order valence-corrected chi connectivity index (χ4v) is 2.43. The fourth-order valence-electron chi connectivity index (χ4n) is 2.43. The van der Waals surface area contributed by atoms with Crippen molar-refractivity contribution in [2.75, 3.05) is 27.4 Å². The Hall–Kier alpha value is -2.20. The van der Waals surface area contributed by atoms with Crippen LogP contribution in [0.15, 0.2) is 42.5 Å². The van der Waals surface area contributed by atoms with Crippen LogP contribution in [0.3, 0.4) is 0 Å². The van der Waals surface area contributed by atoms with Crippen LogP contribution in [0.25, 0.3) is 0 Å². The molecule has 0 aliphatic heterocycles. The minimum atomic E-state index is 0.764. The van der Waals surface area contributed by atoms with Gasteiger partial charge in [0.25, 0.3) is 0 Å². The Morgan fingerprint density at radius 2 is 1.58 bits per heavy atom. The Morgan fingerprint density at radius 3 is 2.25 bits per heavy atom. The fraction of sp³-hybridized carbons (Fsp3) is 0.400. The van der Waals surface area contributed by atoms with Crippen LogP contribution in [0.4, 0.5) is 0 Å². The monoisotopic (exact) mass is 329 g/mol. The quantitative estimate of drug-likeness (QED) is 0.673. The Bertz CT molecular complexity index is 611. The number of hydrogen-bond donors (Lipinski definition) is 1. The first-order valence-electron chi connectivity index (χ1n) is 8.40. The molecule has 0 radical (unpaired) electrons. The summed E-state index contributed by atoms with van der Waals surface area (Å²) in [5.74, 6) is 2.48. The molecule has 0 aromatic heterocycles. The predicted octanol–water partition coefficient (Wildman–Crippen LogP) is 3.82. The number of nitrogens with one attached hydrogen (secondary N) is 1. The van der Waals surface area contributed by atoms with Gasteiger partial charge in [-0.15, -0.1) is 0 Å². The SMILES string of the molecule is CCCOc1ccc(CNCCc2ccc(OC)c(OC)c2)cc1. The topological polar surface area (TPSA) is 39.7 Å². The Morgan fingerprint density at radius 1 is 0.875 bits per heavy atom. The zero-order valence-electron chi connectivity index (χ0n) is 14.8. The Balaban J connectivity index is 1.76. The minimum Gasteiger partial charge on any atom is -0.494 e. The zero-order valence-corrected chi connectivity index (χ0v) is 14.8. The van der Waals surface area contributed by atoms with Gasteiger partial charge in [0.15, 0.2) is 11.5 Å². The highest BCUT2D eigenvalue weighted by Gasteiger charge is 2.04. The molecule has 24 heavy (non-hydrogen) atoms. The number of methoxy groups -OCH3 is 2. The predicted molar refractivity (Wildman–Crippen MR) is 97.2 cm³/mol. The van der Waals surface area contributed by atoms with E-state index in [4.69, 9.17) is 14.2 Å². The van der Waals surface area contributed by atoms with Gasteiger partial charge in [-0.25, -0.2) is 0 Å². The Labute approximate surface area is 144 Å².